The molecule has 1 aliphatic carbocycles. The molecule has 0 unspecified atom stereocenters. The van der Waals surface area contributed by atoms with Gasteiger partial charge in [0.2, 0.25) is 0 Å². The number of alkyl halides is 3. The maximum absolute atomic E-state index is 14.3. The summed E-state index contributed by atoms with van der Waals surface area (Å²) in [6.07, 6.45) is -2.49. The van der Waals surface area contributed by atoms with Gasteiger partial charge in [0.15, 0.2) is 0 Å². The first-order valence-corrected chi connectivity index (χ1v) is 10.7. The van der Waals surface area contributed by atoms with E-state index in [-0.39, 0.29) is 17.9 Å². The third-order valence-electron chi connectivity index (χ3n) is 5.53. The monoisotopic (exact) mass is 491 g/mol. The zero-order valence-electron chi connectivity index (χ0n) is 17.6. The van der Waals surface area contributed by atoms with E-state index in [0.717, 1.165) is 29.7 Å². The molecule has 3 aromatic rings. The molecule has 34 heavy (non-hydrogen) atoms. The van der Waals surface area contributed by atoms with Crippen LogP contribution in [0.25, 0.3) is 11.1 Å². The zero-order valence-corrected chi connectivity index (χ0v) is 18.4. The molecule has 1 heterocycles. The molecule has 4 rings (SSSR count). The lowest BCUT2D eigenvalue weighted by Gasteiger charge is -2.16. The standard InChI is InChI=1S/C25H18ClF4NO3/c26-16-9-10-23(34-13-14-7-8-15(11-20(14)27)25(28,29)30)19(12-16)17-3-1-4-18(17)21-5-2-6-22(31-21)24(32)33/h2,5-12H,1,3-4,13H2,(H,32,33). The smallest absolute Gasteiger partial charge is 0.416 e. The molecular formula is C25H18ClF4NO3. The summed E-state index contributed by atoms with van der Waals surface area (Å²) < 4.78 is 58.5. The Kier molecular flexibility index (Phi) is 6.61. The highest BCUT2D eigenvalue weighted by atomic mass is 35.5. The van der Waals surface area contributed by atoms with Gasteiger partial charge in [-0.3, -0.25) is 0 Å². The summed E-state index contributed by atoms with van der Waals surface area (Å²) in [4.78, 5) is 15.6. The van der Waals surface area contributed by atoms with Gasteiger partial charge >= 0.3 is 12.1 Å². The molecule has 176 valence electrons. The van der Waals surface area contributed by atoms with Crippen LogP contribution in [0.5, 0.6) is 5.75 Å². The highest BCUT2D eigenvalue weighted by Crippen LogP contribution is 2.43. The van der Waals surface area contributed by atoms with Gasteiger partial charge in [0.1, 0.15) is 23.9 Å². The molecule has 0 radical (unpaired) electrons. The van der Waals surface area contributed by atoms with E-state index in [1.54, 1.807) is 30.3 Å². The topological polar surface area (TPSA) is 59.4 Å². The fraction of sp³-hybridized carbons (Fsp3) is 0.200. The van der Waals surface area contributed by atoms with Gasteiger partial charge in [0, 0.05) is 16.1 Å². The van der Waals surface area contributed by atoms with Crippen molar-refractivity contribution < 1.29 is 32.2 Å². The summed E-state index contributed by atoms with van der Waals surface area (Å²) in [5.74, 6) is -1.76. The minimum absolute atomic E-state index is 0.0228. The third-order valence-corrected chi connectivity index (χ3v) is 5.76. The average molecular weight is 492 g/mol. The summed E-state index contributed by atoms with van der Waals surface area (Å²) in [5, 5.41) is 9.71. The van der Waals surface area contributed by atoms with Crippen molar-refractivity contribution in [3.8, 4) is 5.75 Å². The second-order valence-corrected chi connectivity index (χ2v) is 8.19. The first-order valence-electron chi connectivity index (χ1n) is 10.3. The number of aromatic nitrogens is 1. The molecule has 1 aliphatic rings. The van der Waals surface area contributed by atoms with Crippen molar-refractivity contribution in [3.05, 3.63) is 93.5 Å². The normalized spacial score (nSPS) is 13.9. The predicted molar refractivity (Wildman–Crippen MR) is 119 cm³/mol. The van der Waals surface area contributed by atoms with Crippen LogP contribution in [0.2, 0.25) is 5.02 Å². The molecule has 0 spiro atoms. The van der Waals surface area contributed by atoms with Gasteiger partial charge in [0.25, 0.3) is 0 Å². The molecule has 0 saturated carbocycles. The lowest BCUT2D eigenvalue weighted by molar-refractivity contribution is -0.137. The van der Waals surface area contributed by atoms with Gasteiger partial charge in [-0.05, 0) is 72.9 Å². The van der Waals surface area contributed by atoms with Gasteiger partial charge in [-0.1, -0.05) is 23.7 Å². The van der Waals surface area contributed by atoms with Crippen molar-refractivity contribution in [1.29, 1.82) is 0 Å². The first kappa shape index (κ1) is 23.8. The Morgan fingerprint density at radius 3 is 2.53 bits per heavy atom. The lowest BCUT2D eigenvalue weighted by atomic mass is 9.98. The Hall–Kier alpha value is -3.39. The largest absolute Gasteiger partial charge is 0.488 e. The fourth-order valence-corrected chi connectivity index (χ4v) is 4.08. The van der Waals surface area contributed by atoms with Crippen molar-refractivity contribution in [1.82, 2.24) is 4.98 Å². The molecule has 4 nitrogen and oxygen atoms in total. The quantitative estimate of drug-likeness (QED) is 0.368. The van der Waals surface area contributed by atoms with Crippen LogP contribution in [0.15, 0.2) is 54.6 Å². The van der Waals surface area contributed by atoms with Crippen LogP contribution < -0.4 is 4.74 Å². The molecule has 9 heteroatoms. The van der Waals surface area contributed by atoms with Gasteiger partial charge in [0.05, 0.1) is 11.3 Å². The van der Waals surface area contributed by atoms with Crippen LogP contribution >= 0.6 is 11.6 Å². The molecule has 0 bridgehead atoms. The van der Waals surface area contributed by atoms with E-state index in [1.165, 1.54) is 6.07 Å². The van der Waals surface area contributed by atoms with E-state index >= 15 is 0 Å². The maximum atomic E-state index is 14.3. The fourth-order valence-electron chi connectivity index (χ4n) is 3.91. The summed E-state index contributed by atoms with van der Waals surface area (Å²) in [6.45, 7) is -0.284. The van der Waals surface area contributed by atoms with Crippen molar-refractivity contribution in [2.45, 2.75) is 32.0 Å². The van der Waals surface area contributed by atoms with Crippen LogP contribution in [0.4, 0.5) is 17.6 Å². The Morgan fingerprint density at radius 2 is 1.82 bits per heavy atom. The van der Waals surface area contributed by atoms with Gasteiger partial charge in [-0.25, -0.2) is 14.2 Å². The lowest BCUT2D eigenvalue weighted by Crippen LogP contribution is -2.07. The van der Waals surface area contributed by atoms with Crippen LogP contribution in [-0.2, 0) is 12.8 Å². The van der Waals surface area contributed by atoms with E-state index in [1.807, 2.05) is 0 Å². The number of pyridine rings is 1. The van der Waals surface area contributed by atoms with E-state index < -0.39 is 23.5 Å². The molecule has 2 aromatic carbocycles. The Labute approximate surface area is 197 Å². The van der Waals surface area contributed by atoms with Gasteiger partial charge in [-0.15, -0.1) is 0 Å². The highest BCUT2D eigenvalue weighted by molar-refractivity contribution is 6.30. The number of hydrogen-bond acceptors (Lipinski definition) is 3. The van der Waals surface area contributed by atoms with E-state index in [0.29, 0.717) is 40.9 Å². The summed E-state index contributed by atoms with van der Waals surface area (Å²) in [7, 11) is 0. The summed E-state index contributed by atoms with van der Waals surface area (Å²) in [5.41, 5.74) is 1.75. The van der Waals surface area contributed by atoms with Crippen LogP contribution in [-0.4, -0.2) is 16.1 Å². The van der Waals surface area contributed by atoms with Crippen LogP contribution in [0.3, 0.4) is 0 Å². The van der Waals surface area contributed by atoms with Crippen LogP contribution in [0.1, 0.15) is 52.1 Å². The molecule has 1 N–H and O–H groups in total. The first-order chi connectivity index (χ1) is 16.1. The Morgan fingerprint density at radius 1 is 1.06 bits per heavy atom. The second kappa shape index (κ2) is 9.46. The second-order valence-electron chi connectivity index (χ2n) is 7.76. The van der Waals surface area contributed by atoms with Crippen molar-refractivity contribution in [3.63, 3.8) is 0 Å². The minimum Gasteiger partial charge on any atom is -0.488 e. The number of rotatable bonds is 6. The number of aromatic carboxylic acids is 1. The highest BCUT2D eigenvalue weighted by Gasteiger charge is 2.31. The molecule has 0 saturated heterocycles. The number of ether oxygens (including phenoxy) is 1. The zero-order chi connectivity index (χ0) is 24.5. The number of benzene rings is 2. The SMILES string of the molecule is O=C(O)c1cccc(C2=C(c3cc(Cl)ccc3OCc3ccc(C(F)(F)F)cc3F)CCC2)n1. The van der Waals surface area contributed by atoms with E-state index in [2.05, 4.69) is 4.98 Å². The maximum Gasteiger partial charge on any atom is 0.416 e. The average Bonchev–Trinajstić information content (AvgIpc) is 3.28. The third kappa shape index (κ3) is 5.07. The molecular weight excluding hydrogens is 474 g/mol. The van der Waals surface area contributed by atoms with E-state index in [9.17, 15) is 27.5 Å². The number of carboxylic acid groups (broad SMARTS) is 1. The summed E-state index contributed by atoms with van der Waals surface area (Å²) >= 11 is 6.22. The van der Waals surface area contributed by atoms with Gasteiger partial charge in [-0.2, -0.15) is 13.2 Å². The van der Waals surface area contributed by atoms with Gasteiger partial charge < -0.3 is 9.84 Å². The molecule has 0 atom stereocenters. The van der Waals surface area contributed by atoms with Crippen LogP contribution in [0, 0.1) is 5.82 Å². The minimum atomic E-state index is -4.64. The number of nitrogens with zero attached hydrogens (tertiary/aromatic N) is 1. The molecule has 0 aliphatic heterocycles. The summed E-state index contributed by atoms with van der Waals surface area (Å²) in [6, 6.07) is 12.0. The number of hydrogen-bond donors (Lipinski definition) is 1. The molecule has 0 amide bonds. The number of carboxylic acids is 1. The molecule has 1 aromatic heterocycles. The number of carbonyl (C=O) groups is 1. The molecule has 0 fully saturated rings. The number of allylic oxidation sites excluding steroid dienone is 2. The Balaban J connectivity index is 1.67. The van der Waals surface area contributed by atoms with Crippen molar-refractivity contribution in [2.24, 2.45) is 0 Å². The Bertz CT molecular complexity index is 1290. The number of halogens is 5. The van der Waals surface area contributed by atoms with Crippen molar-refractivity contribution >= 4 is 28.7 Å². The van der Waals surface area contributed by atoms with E-state index in [4.69, 9.17) is 16.3 Å². The predicted octanol–water partition coefficient (Wildman–Crippen LogP) is 7.26. The van der Waals surface area contributed by atoms with Crippen molar-refractivity contribution in [2.75, 3.05) is 0 Å².